The zero-order valence-electron chi connectivity index (χ0n) is 18.1. The number of methoxy groups -OCH3 is 2. The van der Waals surface area contributed by atoms with E-state index >= 15 is 0 Å². The number of anilines is 2. The van der Waals surface area contributed by atoms with Crippen molar-refractivity contribution in [1.82, 2.24) is 9.62 Å². The van der Waals surface area contributed by atoms with Crippen molar-refractivity contribution in [2.24, 2.45) is 0 Å². The van der Waals surface area contributed by atoms with Crippen LogP contribution in [0, 0.1) is 0 Å². The van der Waals surface area contributed by atoms with Crippen LogP contribution < -0.4 is 25.0 Å². The van der Waals surface area contributed by atoms with Crippen LogP contribution in [0.5, 0.6) is 11.5 Å². The topological polar surface area (TPSA) is 100 Å². The second-order valence-corrected chi connectivity index (χ2v) is 9.56. The molecule has 2 N–H and O–H groups in total. The Kier molecular flexibility index (Phi) is 7.54. The maximum atomic E-state index is 12.6. The molecule has 0 aromatic heterocycles. The highest BCUT2D eigenvalue weighted by atomic mass is 32.2. The summed E-state index contributed by atoms with van der Waals surface area (Å²) < 4.78 is 35.2. The van der Waals surface area contributed by atoms with Gasteiger partial charge in [-0.05, 0) is 48.6 Å². The lowest BCUT2D eigenvalue weighted by molar-refractivity contribution is 0.0974. The molecule has 1 aliphatic heterocycles. The largest absolute Gasteiger partial charge is 0.497 e. The highest BCUT2D eigenvalue weighted by Crippen LogP contribution is 2.24. The van der Waals surface area contributed by atoms with Crippen LogP contribution in [0.15, 0.2) is 42.5 Å². The average molecular weight is 479 g/mol. The quantitative estimate of drug-likeness (QED) is 0.608. The minimum atomic E-state index is -3.16. The van der Waals surface area contributed by atoms with Gasteiger partial charge in [0.2, 0.25) is 10.0 Å². The van der Waals surface area contributed by atoms with E-state index in [1.807, 2.05) is 24.3 Å². The minimum Gasteiger partial charge on any atom is -0.497 e. The summed E-state index contributed by atoms with van der Waals surface area (Å²) in [6, 6.07) is 12.5. The fourth-order valence-electron chi connectivity index (χ4n) is 3.35. The number of benzene rings is 2. The van der Waals surface area contributed by atoms with Crippen LogP contribution >= 0.6 is 12.2 Å². The first-order chi connectivity index (χ1) is 15.2. The Balaban J connectivity index is 1.57. The molecular formula is C21H26N4O5S2. The maximum Gasteiger partial charge on any atom is 0.261 e. The van der Waals surface area contributed by atoms with Crippen molar-refractivity contribution < 1.29 is 22.7 Å². The SMILES string of the molecule is COc1ccc(C(=O)NC(=S)Nc2ccc(N3CCN(S(C)(=O)=O)CC3)cc2)c(OC)c1. The van der Waals surface area contributed by atoms with Crippen molar-refractivity contribution in [2.45, 2.75) is 0 Å². The van der Waals surface area contributed by atoms with E-state index in [0.29, 0.717) is 43.2 Å². The van der Waals surface area contributed by atoms with E-state index in [4.69, 9.17) is 21.7 Å². The van der Waals surface area contributed by atoms with Gasteiger partial charge >= 0.3 is 0 Å². The Morgan fingerprint density at radius 1 is 1.00 bits per heavy atom. The average Bonchev–Trinajstić information content (AvgIpc) is 2.78. The molecule has 2 aromatic carbocycles. The molecule has 2 aromatic rings. The van der Waals surface area contributed by atoms with Gasteiger partial charge in [0, 0.05) is 43.6 Å². The number of thiocarbonyl (C=S) groups is 1. The first-order valence-corrected chi connectivity index (χ1v) is 12.1. The van der Waals surface area contributed by atoms with E-state index in [-0.39, 0.29) is 5.11 Å². The fraction of sp³-hybridized carbons (Fsp3) is 0.333. The molecule has 32 heavy (non-hydrogen) atoms. The van der Waals surface area contributed by atoms with Crippen molar-refractivity contribution in [3.8, 4) is 11.5 Å². The molecule has 1 aliphatic rings. The number of rotatable bonds is 6. The number of nitrogens with zero attached hydrogens (tertiary/aromatic N) is 2. The number of nitrogens with one attached hydrogen (secondary N) is 2. The molecule has 172 valence electrons. The maximum absolute atomic E-state index is 12.6. The molecule has 1 amide bonds. The van der Waals surface area contributed by atoms with E-state index in [1.165, 1.54) is 24.8 Å². The van der Waals surface area contributed by atoms with Crippen LogP contribution in [0.2, 0.25) is 0 Å². The van der Waals surface area contributed by atoms with Crippen molar-refractivity contribution in [3.05, 3.63) is 48.0 Å². The molecule has 0 aliphatic carbocycles. The summed E-state index contributed by atoms with van der Waals surface area (Å²) in [7, 11) is -0.143. The van der Waals surface area contributed by atoms with Crippen molar-refractivity contribution >= 4 is 44.6 Å². The summed E-state index contributed by atoms with van der Waals surface area (Å²) in [5, 5.41) is 5.78. The summed E-state index contributed by atoms with van der Waals surface area (Å²) in [6.45, 7) is 2.17. The van der Waals surface area contributed by atoms with E-state index < -0.39 is 15.9 Å². The Morgan fingerprint density at radius 3 is 2.22 bits per heavy atom. The van der Waals surface area contributed by atoms with Crippen LogP contribution in [-0.4, -0.2) is 70.4 Å². The smallest absolute Gasteiger partial charge is 0.261 e. The molecule has 0 spiro atoms. The number of carbonyl (C=O) groups excluding carboxylic acids is 1. The van der Waals surface area contributed by atoms with Gasteiger partial charge in [-0.2, -0.15) is 4.31 Å². The molecular weight excluding hydrogens is 452 g/mol. The molecule has 9 nitrogen and oxygen atoms in total. The van der Waals surface area contributed by atoms with Gasteiger partial charge in [0.15, 0.2) is 5.11 Å². The van der Waals surface area contributed by atoms with Gasteiger partial charge < -0.3 is 19.7 Å². The van der Waals surface area contributed by atoms with Gasteiger partial charge in [0.1, 0.15) is 11.5 Å². The van der Waals surface area contributed by atoms with Crippen LogP contribution in [0.3, 0.4) is 0 Å². The van der Waals surface area contributed by atoms with Gasteiger partial charge in [0.05, 0.1) is 26.0 Å². The van der Waals surface area contributed by atoms with E-state index in [0.717, 1.165) is 11.4 Å². The summed E-state index contributed by atoms with van der Waals surface area (Å²) in [6.07, 6.45) is 1.23. The lowest BCUT2D eigenvalue weighted by Gasteiger charge is -2.34. The van der Waals surface area contributed by atoms with Gasteiger partial charge in [0.25, 0.3) is 5.91 Å². The summed E-state index contributed by atoms with van der Waals surface area (Å²) >= 11 is 5.26. The molecule has 1 fully saturated rings. The number of hydrogen-bond donors (Lipinski definition) is 2. The van der Waals surface area contributed by atoms with E-state index in [9.17, 15) is 13.2 Å². The second kappa shape index (κ2) is 10.2. The van der Waals surface area contributed by atoms with Crippen LogP contribution in [-0.2, 0) is 10.0 Å². The summed E-state index contributed by atoms with van der Waals surface area (Å²) in [5.74, 6) is 0.560. The molecule has 0 bridgehead atoms. The van der Waals surface area contributed by atoms with Crippen LogP contribution in [0.25, 0.3) is 0 Å². The van der Waals surface area contributed by atoms with Gasteiger partial charge in [-0.15, -0.1) is 0 Å². The number of carbonyl (C=O) groups is 1. The highest BCUT2D eigenvalue weighted by Gasteiger charge is 2.23. The number of amides is 1. The molecule has 3 rings (SSSR count). The standard InChI is InChI=1S/C21H26N4O5S2/c1-29-17-8-9-18(19(14-17)30-2)20(26)23-21(31)22-15-4-6-16(7-5-15)24-10-12-25(13-11-24)32(3,27)28/h4-9,14H,10-13H2,1-3H3,(H2,22,23,26,31). The Labute approximate surface area is 193 Å². The second-order valence-electron chi connectivity index (χ2n) is 7.17. The third-order valence-corrected chi connectivity index (χ3v) is 6.59. The molecule has 1 saturated heterocycles. The van der Waals surface area contributed by atoms with Crippen LogP contribution in [0.1, 0.15) is 10.4 Å². The predicted molar refractivity (Wildman–Crippen MR) is 128 cm³/mol. The van der Waals surface area contributed by atoms with Crippen molar-refractivity contribution in [2.75, 3.05) is 56.9 Å². The normalized spacial score (nSPS) is 14.5. The summed E-state index contributed by atoms with van der Waals surface area (Å²) in [5.41, 5.74) is 2.04. The van der Waals surface area contributed by atoms with Crippen molar-refractivity contribution in [3.63, 3.8) is 0 Å². The molecule has 0 saturated carbocycles. The Hall–Kier alpha value is -2.89. The van der Waals surface area contributed by atoms with E-state index in [2.05, 4.69) is 15.5 Å². The van der Waals surface area contributed by atoms with Crippen molar-refractivity contribution in [1.29, 1.82) is 0 Å². The van der Waals surface area contributed by atoms with Crippen LogP contribution in [0.4, 0.5) is 11.4 Å². The molecule has 0 atom stereocenters. The number of sulfonamides is 1. The first-order valence-electron chi connectivity index (χ1n) is 9.86. The molecule has 1 heterocycles. The minimum absolute atomic E-state index is 0.155. The first kappa shape index (κ1) is 23.8. The van der Waals surface area contributed by atoms with Gasteiger partial charge in [-0.1, -0.05) is 0 Å². The third kappa shape index (κ3) is 5.87. The number of ether oxygens (including phenoxy) is 2. The van der Waals surface area contributed by atoms with Gasteiger partial charge in [-0.3, -0.25) is 10.1 Å². The molecule has 0 unspecified atom stereocenters. The summed E-state index contributed by atoms with van der Waals surface area (Å²) in [4.78, 5) is 14.7. The lowest BCUT2D eigenvalue weighted by atomic mass is 10.2. The predicted octanol–water partition coefficient (Wildman–Crippen LogP) is 1.91. The lowest BCUT2D eigenvalue weighted by Crippen LogP contribution is -2.48. The Morgan fingerprint density at radius 2 is 1.66 bits per heavy atom. The zero-order valence-corrected chi connectivity index (χ0v) is 19.8. The highest BCUT2D eigenvalue weighted by molar-refractivity contribution is 7.88. The fourth-order valence-corrected chi connectivity index (χ4v) is 4.39. The zero-order chi connectivity index (χ0) is 23.3. The third-order valence-electron chi connectivity index (χ3n) is 5.08. The number of hydrogen-bond acceptors (Lipinski definition) is 7. The molecule has 0 radical (unpaired) electrons. The van der Waals surface area contributed by atoms with Gasteiger partial charge in [-0.25, -0.2) is 8.42 Å². The number of piperazine rings is 1. The Bertz CT molecular complexity index is 1080. The monoisotopic (exact) mass is 478 g/mol. The molecule has 11 heteroatoms. The van der Waals surface area contributed by atoms with E-state index in [1.54, 1.807) is 18.2 Å².